The highest BCUT2D eigenvalue weighted by Gasteiger charge is 2.33. The van der Waals surface area contributed by atoms with E-state index >= 15 is 0 Å². The summed E-state index contributed by atoms with van der Waals surface area (Å²) in [4.78, 5) is 30.6. The lowest BCUT2D eigenvalue weighted by atomic mass is 10.1. The van der Waals surface area contributed by atoms with E-state index in [-0.39, 0.29) is 16.8 Å². The molecule has 32 heavy (non-hydrogen) atoms. The molecule has 3 heterocycles. The fourth-order valence-electron chi connectivity index (χ4n) is 3.98. The smallest absolute Gasteiger partial charge is 0.368 e. The van der Waals surface area contributed by atoms with E-state index in [2.05, 4.69) is 10.3 Å². The van der Waals surface area contributed by atoms with Gasteiger partial charge in [0.2, 0.25) is 5.91 Å². The second-order valence-corrected chi connectivity index (χ2v) is 8.79. The Morgan fingerprint density at radius 3 is 2.78 bits per heavy atom. The summed E-state index contributed by atoms with van der Waals surface area (Å²) in [6.45, 7) is 3.00. The molecule has 1 aliphatic rings. The third kappa shape index (κ3) is 4.46. The third-order valence-electron chi connectivity index (χ3n) is 5.56. The molecule has 0 saturated carbocycles. The van der Waals surface area contributed by atoms with Crippen LogP contribution < -0.4 is 11.1 Å². The van der Waals surface area contributed by atoms with Crippen molar-refractivity contribution in [1.82, 2.24) is 9.88 Å². The predicted octanol–water partition coefficient (Wildman–Crippen LogP) is 4.33. The van der Waals surface area contributed by atoms with E-state index in [1.807, 2.05) is 17.0 Å². The van der Waals surface area contributed by atoms with Gasteiger partial charge in [0, 0.05) is 17.6 Å². The molecule has 0 aliphatic carbocycles. The number of anilines is 1. The Kier molecular flexibility index (Phi) is 5.91. The average molecular weight is 462 g/mol. The number of benzene rings is 1. The second-order valence-electron chi connectivity index (χ2n) is 7.79. The van der Waals surface area contributed by atoms with Crippen LogP contribution in [0.2, 0.25) is 0 Å². The van der Waals surface area contributed by atoms with Gasteiger partial charge >= 0.3 is 6.18 Å². The Bertz CT molecular complexity index is 1190. The van der Waals surface area contributed by atoms with Gasteiger partial charge in [-0.05, 0) is 61.7 Å². The molecule has 3 aromatic rings. The lowest BCUT2D eigenvalue weighted by Crippen LogP contribution is -2.39. The standard InChI is InChI=1S/C22H21F3N4O2S/c1-12-15-7-8-17(22(23,24)25)28-21(15)32-18(12)20(31)27-14-5-2-4-13(10-14)11-29-9-3-6-16(29)19(26)30/h2,4-5,7-8,10,16H,3,6,9,11H2,1H3,(H2,26,30)(H,27,31). The Labute approximate surface area is 186 Å². The number of pyridine rings is 1. The number of alkyl halides is 3. The lowest BCUT2D eigenvalue weighted by molar-refractivity contribution is -0.140. The van der Waals surface area contributed by atoms with Crippen LogP contribution in [-0.2, 0) is 17.5 Å². The van der Waals surface area contributed by atoms with E-state index in [0.717, 1.165) is 42.4 Å². The maximum atomic E-state index is 13.0. The summed E-state index contributed by atoms with van der Waals surface area (Å²) in [5, 5.41) is 3.34. The molecular weight excluding hydrogens is 441 g/mol. The number of carbonyl (C=O) groups is 2. The Hall–Kier alpha value is -2.98. The molecular formula is C22H21F3N4O2S. The number of thiophene rings is 1. The number of nitrogens with two attached hydrogens (primary N) is 1. The van der Waals surface area contributed by atoms with E-state index in [0.29, 0.717) is 28.1 Å². The molecule has 1 saturated heterocycles. The molecule has 1 fully saturated rings. The molecule has 10 heteroatoms. The molecule has 0 radical (unpaired) electrons. The highest BCUT2D eigenvalue weighted by atomic mass is 32.1. The van der Waals surface area contributed by atoms with Gasteiger partial charge in [0.15, 0.2) is 0 Å². The number of fused-ring (bicyclic) bond motifs is 1. The summed E-state index contributed by atoms with van der Waals surface area (Å²) in [7, 11) is 0. The number of primary amides is 1. The van der Waals surface area contributed by atoms with Gasteiger partial charge in [-0.1, -0.05) is 12.1 Å². The average Bonchev–Trinajstić information content (AvgIpc) is 3.32. The molecule has 2 amide bonds. The van der Waals surface area contributed by atoms with Crippen molar-refractivity contribution in [3.63, 3.8) is 0 Å². The number of halogens is 3. The van der Waals surface area contributed by atoms with Gasteiger partial charge in [0.1, 0.15) is 10.5 Å². The van der Waals surface area contributed by atoms with Gasteiger partial charge in [0.25, 0.3) is 5.91 Å². The second kappa shape index (κ2) is 8.51. The van der Waals surface area contributed by atoms with Crippen molar-refractivity contribution in [3.8, 4) is 0 Å². The fraction of sp³-hybridized carbons (Fsp3) is 0.318. The van der Waals surface area contributed by atoms with Crippen LogP contribution in [0.1, 0.15) is 39.3 Å². The Balaban J connectivity index is 1.53. The van der Waals surface area contributed by atoms with Crippen LogP contribution >= 0.6 is 11.3 Å². The van der Waals surface area contributed by atoms with Crippen molar-refractivity contribution in [2.24, 2.45) is 5.73 Å². The van der Waals surface area contributed by atoms with E-state index in [9.17, 15) is 22.8 Å². The summed E-state index contributed by atoms with van der Waals surface area (Å²) >= 11 is 0.933. The zero-order chi connectivity index (χ0) is 23.0. The van der Waals surface area contributed by atoms with Crippen molar-refractivity contribution in [1.29, 1.82) is 0 Å². The summed E-state index contributed by atoms with van der Waals surface area (Å²) in [5.41, 5.74) is 6.55. The molecule has 0 bridgehead atoms. The first-order chi connectivity index (χ1) is 15.1. The summed E-state index contributed by atoms with van der Waals surface area (Å²) in [6.07, 6.45) is -2.90. The van der Waals surface area contributed by atoms with Crippen molar-refractivity contribution >= 4 is 39.1 Å². The van der Waals surface area contributed by atoms with Crippen molar-refractivity contribution in [2.45, 2.75) is 38.5 Å². The maximum Gasteiger partial charge on any atom is 0.433 e. The quantitative estimate of drug-likeness (QED) is 0.591. The molecule has 6 nitrogen and oxygen atoms in total. The first-order valence-corrected chi connectivity index (χ1v) is 10.9. The molecule has 0 spiro atoms. The maximum absolute atomic E-state index is 13.0. The van der Waals surface area contributed by atoms with Crippen LogP contribution in [-0.4, -0.2) is 34.3 Å². The number of hydrogen-bond donors (Lipinski definition) is 2. The predicted molar refractivity (Wildman–Crippen MR) is 116 cm³/mol. The number of amides is 2. The van der Waals surface area contributed by atoms with Crippen LogP contribution in [0.25, 0.3) is 10.2 Å². The number of nitrogens with zero attached hydrogens (tertiary/aromatic N) is 2. The molecule has 3 N–H and O–H groups in total. The van der Waals surface area contributed by atoms with Gasteiger partial charge in [-0.3, -0.25) is 14.5 Å². The lowest BCUT2D eigenvalue weighted by Gasteiger charge is -2.22. The fourth-order valence-corrected chi connectivity index (χ4v) is 5.06. The molecule has 4 rings (SSSR count). The number of hydrogen-bond acceptors (Lipinski definition) is 5. The number of likely N-dealkylation sites (tertiary alicyclic amines) is 1. The van der Waals surface area contributed by atoms with Gasteiger partial charge in [-0.2, -0.15) is 13.2 Å². The number of rotatable bonds is 5. The monoisotopic (exact) mass is 462 g/mol. The van der Waals surface area contributed by atoms with Gasteiger partial charge < -0.3 is 11.1 Å². The highest BCUT2D eigenvalue weighted by molar-refractivity contribution is 7.20. The molecule has 1 atom stereocenters. The minimum atomic E-state index is -4.54. The summed E-state index contributed by atoms with van der Waals surface area (Å²) < 4.78 is 38.9. The highest BCUT2D eigenvalue weighted by Crippen LogP contribution is 2.34. The van der Waals surface area contributed by atoms with E-state index in [1.54, 1.807) is 19.1 Å². The zero-order valence-corrected chi connectivity index (χ0v) is 18.0. The normalized spacial score (nSPS) is 17.1. The van der Waals surface area contributed by atoms with Crippen molar-refractivity contribution in [3.05, 3.63) is 58.1 Å². The Morgan fingerprint density at radius 1 is 1.28 bits per heavy atom. The van der Waals surface area contributed by atoms with Gasteiger partial charge in [-0.15, -0.1) is 11.3 Å². The topological polar surface area (TPSA) is 88.3 Å². The first-order valence-electron chi connectivity index (χ1n) is 10.0. The number of carbonyl (C=O) groups excluding carboxylic acids is 2. The van der Waals surface area contributed by atoms with Crippen LogP contribution in [0.15, 0.2) is 36.4 Å². The molecule has 168 valence electrons. The number of nitrogens with one attached hydrogen (secondary N) is 1. The number of aryl methyl sites for hydroxylation is 1. The molecule has 1 unspecified atom stereocenters. The minimum Gasteiger partial charge on any atom is -0.368 e. The van der Waals surface area contributed by atoms with Crippen LogP contribution in [0.3, 0.4) is 0 Å². The van der Waals surface area contributed by atoms with Crippen molar-refractivity contribution in [2.75, 3.05) is 11.9 Å². The van der Waals surface area contributed by atoms with E-state index in [1.165, 1.54) is 6.07 Å². The summed E-state index contributed by atoms with van der Waals surface area (Å²) in [6, 6.07) is 9.24. The number of aromatic nitrogens is 1. The first kappa shape index (κ1) is 22.2. The van der Waals surface area contributed by atoms with Crippen molar-refractivity contribution < 1.29 is 22.8 Å². The van der Waals surface area contributed by atoms with Crippen LogP contribution in [0, 0.1) is 6.92 Å². The zero-order valence-electron chi connectivity index (χ0n) is 17.2. The summed E-state index contributed by atoms with van der Waals surface area (Å²) in [5.74, 6) is -0.748. The SMILES string of the molecule is Cc1c(C(=O)Nc2cccc(CN3CCCC3C(N)=O)c2)sc2nc(C(F)(F)F)ccc12. The largest absolute Gasteiger partial charge is 0.433 e. The Morgan fingerprint density at radius 2 is 2.06 bits per heavy atom. The molecule has 2 aromatic heterocycles. The molecule has 1 aliphatic heterocycles. The van der Waals surface area contributed by atoms with Gasteiger partial charge in [0.05, 0.1) is 10.9 Å². The van der Waals surface area contributed by atoms with Crippen LogP contribution in [0.4, 0.5) is 18.9 Å². The molecule has 1 aromatic carbocycles. The van der Waals surface area contributed by atoms with E-state index in [4.69, 9.17) is 5.73 Å². The minimum absolute atomic E-state index is 0.169. The van der Waals surface area contributed by atoms with Crippen LogP contribution in [0.5, 0.6) is 0 Å². The van der Waals surface area contributed by atoms with Gasteiger partial charge in [-0.25, -0.2) is 4.98 Å². The third-order valence-corrected chi connectivity index (χ3v) is 6.76. The van der Waals surface area contributed by atoms with E-state index < -0.39 is 17.8 Å².